The molecule has 0 aliphatic heterocycles. The zero-order valence-corrected chi connectivity index (χ0v) is 8.57. The van der Waals surface area contributed by atoms with Crippen molar-refractivity contribution in [1.29, 1.82) is 0 Å². The topological polar surface area (TPSA) is 69.9 Å². The van der Waals surface area contributed by atoms with Crippen LogP contribution in [0.5, 0.6) is 0 Å². The maximum atomic E-state index is 8.39. The molecule has 0 saturated carbocycles. The average Bonchev–Trinajstić information content (AvgIpc) is 2.06. The third kappa shape index (κ3) is 24.5. The summed E-state index contributed by atoms with van der Waals surface area (Å²) >= 11 is 0. The van der Waals surface area contributed by atoms with Crippen molar-refractivity contribution in [2.75, 3.05) is 26.9 Å². The highest BCUT2D eigenvalue weighted by atomic mass is 16.5. The van der Waals surface area contributed by atoms with Crippen LogP contribution in [0.4, 0.5) is 0 Å². The van der Waals surface area contributed by atoms with Gasteiger partial charge in [-0.05, 0) is 26.2 Å². The molecule has 1 unspecified atom stereocenters. The Kier molecular flexibility index (Phi) is 16.9. The minimum atomic E-state index is -0.352. The van der Waals surface area contributed by atoms with Gasteiger partial charge in [-0.25, -0.2) is 0 Å². The standard InChI is InChI=1S/C5H12O2.C4H10O2/c1-7-5-3-2-4-6;1-4(6)2-3-5/h6H,2-5H2,1H3;4-6H,2-3H2,1H3. The Morgan fingerprint density at radius 1 is 1.15 bits per heavy atom. The quantitative estimate of drug-likeness (QED) is 0.527. The van der Waals surface area contributed by atoms with Crippen molar-refractivity contribution in [3.8, 4) is 0 Å². The fourth-order valence-electron chi connectivity index (χ4n) is 0.545. The number of aliphatic hydroxyl groups is 3. The van der Waals surface area contributed by atoms with Gasteiger partial charge in [-0.2, -0.15) is 0 Å². The number of hydrogen-bond donors (Lipinski definition) is 3. The fourth-order valence-corrected chi connectivity index (χ4v) is 0.545. The van der Waals surface area contributed by atoms with Crippen LogP contribution >= 0.6 is 0 Å². The predicted molar refractivity (Wildman–Crippen MR) is 51.6 cm³/mol. The molecular formula is C9H22O4. The van der Waals surface area contributed by atoms with E-state index in [0.29, 0.717) is 6.42 Å². The van der Waals surface area contributed by atoms with Crippen molar-refractivity contribution >= 4 is 0 Å². The van der Waals surface area contributed by atoms with E-state index in [-0.39, 0.29) is 19.3 Å². The van der Waals surface area contributed by atoms with Gasteiger partial charge in [-0.15, -0.1) is 0 Å². The zero-order chi connectivity index (χ0) is 10.5. The Morgan fingerprint density at radius 3 is 2.00 bits per heavy atom. The van der Waals surface area contributed by atoms with E-state index in [0.717, 1.165) is 19.4 Å². The van der Waals surface area contributed by atoms with Crippen molar-refractivity contribution in [1.82, 2.24) is 0 Å². The van der Waals surface area contributed by atoms with Crippen molar-refractivity contribution in [3.63, 3.8) is 0 Å². The molecule has 0 radical (unpaired) electrons. The first-order chi connectivity index (χ1) is 6.18. The maximum Gasteiger partial charge on any atom is 0.0533 e. The molecule has 0 heterocycles. The number of aliphatic hydroxyl groups excluding tert-OH is 3. The Morgan fingerprint density at radius 2 is 1.77 bits per heavy atom. The van der Waals surface area contributed by atoms with Gasteiger partial charge < -0.3 is 20.1 Å². The van der Waals surface area contributed by atoms with Crippen LogP contribution in [0.3, 0.4) is 0 Å². The van der Waals surface area contributed by atoms with Crippen LogP contribution in [0.25, 0.3) is 0 Å². The molecular weight excluding hydrogens is 172 g/mol. The second-order valence-electron chi connectivity index (χ2n) is 2.78. The Labute approximate surface area is 80.2 Å². The minimum absolute atomic E-state index is 0.0810. The van der Waals surface area contributed by atoms with Crippen molar-refractivity contribution in [2.24, 2.45) is 0 Å². The van der Waals surface area contributed by atoms with Gasteiger partial charge >= 0.3 is 0 Å². The van der Waals surface area contributed by atoms with Gasteiger partial charge in [0.05, 0.1) is 6.10 Å². The number of hydrogen-bond acceptors (Lipinski definition) is 4. The highest BCUT2D eigenvalue weighted by Gasteiger charge is 1.88. The number of methoxy groups -OCH3 is 1. The molecule has 13 heavy (non-hydrogen) atoms. The molecule has 0 aromatic heterocycles. The summed E-state index contributed by atoms with van der Waals surface area (Å²) in [5.41, 5.74) is 0. The van der Waals surface area contributed by atoms with Gasteiger partial charge in [-0.3, -0.25) is 0 Å². The molecule has 3 N–H and O–H groups in total. The van der Waals surface area contributed by atoms with Gasteiger partial charge in [0, 0.05) is 26.9 Å². The Balaban J connectivity index is 0. The van der Waals surface area contributed by atoms with Crippen LogP contribution in [0.2, 0.25) is 0 Å². The monoisotopic (exact) mass is 194 g/mol. The summed E-state index contributed by atoms with van der Waals surface area (Å²) in [4.78, 5) is 0. The first kappa shape index (κ1) is 15.3. The van der Waals surface area contributed by atoms with Crippen molar-refractivity contribution in [2.45, 2.75) is 32.3 Å². The molecule has 1 atom stereocenters. The van der Waals surface area contributed by atoms with E-state index in [9.17, 15) is 0 Å². The Bertz CT molecular complexity index is 72.0. The number of ether oxygens (including phenoxy) is 1. The van der Waals surface area contributed by atoms with Gasteiger partial charge in [0.1, 0.15) is 0 Å². The first-order valence-electron chi connectivity index (χ1n) is 4.57. The first-order valence-corrected chi connectivity index (χ1v) is 4.57. The third-order valence-corrected chi connectivity index (χ3v) is 1.30. The van der Waals surface area contributed by atoms with E-state index < -0.39 is 0 Å². The van der Waals surface area contributed by atoms with E-state index >= 15 is 0 Å². The van der Waals surface area contributed by atoms with E-state index in [1.165, 1.54) is 0 Å². The van der Waals surface area contributed by atoms with Crippen LogP contribution in [-0.4, -0.2) is 48.4 Å². The molecule has 0 aliphatic rings. The summed E-state index contributed by atoms with van der Waals surface area (Å²) in [6.45, 7) is 2.78. The summed E-state index contributed by atoms with van der Waals surface area (Å²) in [5.74, 6) is 0. The maximum absolute atomic E-state index is 8.39. The highest BCUT2D eigenvalue weighted by Crippen LogP contribution is 1.84. The van der Waals surface area contributed by atoms with Crippen molar-refractivity contribution < 1.29 is 20.1 Å². The lowest BCUT2D eigenvalue weighted by Gasteiger charge is -1.95. The Hall–Kier alpha value is -0.160. The van der Waals surface area contributed by atoms with Gasteiger partial charge in [0.2, 0.25) is 0 Å². The molecule has 0 aromatic carbocycles. The van der Waals surface area contributed by atoms with Crippen LogP contribution in [-0.2, 0) is 4.74 Å². The van der Waals surface area contributed by atoms with E-state index in [1.807, 2.05) is 0 Å². The molecule has 0 amide bonds. The van der Waals surface area contributed by atoms with Crippen LogP contribution in [0, 0.1) is 0 Å². The summed E-state index contributed by atoms with van der Waals surface area (Å²) in [7, 11) is 1.66. The van der Waals surface area contributed by atoms with E-state index in [1.54, 1.807) is 14.0 Å². The minimum Gasteiger partial charge on any atom is -0.396 e. The molecule has 82 valence electrons. The number of unbranched alkanes of at least 4 members (excludes halogenated alkanes) is 1. The second-order valence-corrected chi connectivity index (χ2v) is 2.78. The van der Waals surface area contributed by atoms with E-state index in [2.05, 4.69) is 0 Å². The SMILES string of the molecule is CC(O)CCO.COCCCCO. The molecule has 0 aliphatic carbocycles. The lowest BCUT2D eigenvalue weighted by atomic mass is 10.3. The predicted octanol–water partition coefficient (Wildman–Crippen LogP) is 0.155. The molecule has 0 spiro atoms. The zero-order valence-electron chi connectivity index (χ0n) is 8.57. The average molecular weight is 194 g/mol. The van der Waals surface area contributed by atoms with Crippen molar-refractivity contribution in [3.05, 3.63) is 0 Å². The van der Waals surface area contributed by atoms with Crippen LogP contribution in [0.15, 0.2) is 0 Å². The third-order valence-electron chi connectivity index (χ3n) is 1.30. The summed E-state index contributed by atoms with van der Waals surface area (Å²) in [6.07, 6.45) is 1.95. The van der Waals surface area contributed by atoms with Gasteiger partial charge in [0.25, 0.3) is 0 Å². The van der Waals surface area contributed by atoms with Crippen LogP contribution < -0.4 is 0 Å². The lowest BCUT2D eigenvalue weighted by Crippen LogP contribution is -2.00. The van der Waals surface area contributed by atoms with Gasteiger partial charge in [-0.1, -0.05) is 0 Å². The largest absolute Gasteiger partial charge is 0.396 e. The molecule has 0 fully saturated rings. The highest BCUT2D eigenvalue weighted by molar-refractivity contribution is 4.40. The van der Waals surface area contributed by atoms with Gasteiger partial charge in [0.15, 0.2) is 0 Å². The van der Waals surface area contributed by atoms with E-state index in [4.69, 9.17) is 20.1 Å². The number of rotatable bonds is 6. The molecule has 4 heteroatoms. The summed E-state index contributed by atoms with van der Waals surface area (Å²) < 4.78 is 4.73. The fraction of sp³-hybridized carbons (Fsp3) is 1.00. The normalized spacial score (nSPS) is 11.8. The molecule has 4 nitrogen and oxygen atoms in total. The summed E-state index contributed by atoms with van der Waals surface area (Å²) in [5, 5.41) is 24.7. The molecule has 0 bridgehead atoms. The molecule has 0 aromatic rings. The lowest BCUT2D eigenvalue weighted by molar-refractivity contribution is 0.148. The molecule has 0 saturated heterocycles. The molecule has 0 rings (SSSR count). The van der Waals surface area contributed by atoms with Crippen LogP contribution in [0.1, 0.15) is 26.2 Å². The summed E-state index contributed by atoms with van der Waals surface area (Å²) in [6, 6.07) is 0. The second kappa shape index (κ2) is 14.4. The smallest absolute Gasteiger partial charge is 0.0533 e.